The van der Waals surface area contributed by atoms with Crippen molar-refractivity contribution in [2.75, 3.05) is 13.7 Å². The SMILES string of the molecule is COC(=O)C1=C(C)N=C2SC=C(CC(=O)NCCc3c[nH]c4ccccc34)N2[C@@H]1c1cccc(Cl)c1. The van der Waals surface area contributed by atoms with E-state index in [-0.39, 0.29) is 12.3 Å². The minimum absolute atomic E-state index is 0.0984. The van der Waals surface area contributed by atoms with Gasteiger partial charge in [-0.2, -0.15) is 0 Å². The number of H-pyrrole nitrogens is 1. The highest BCUT2D eigenvalue weighted by molar-refractivity contribution is 8.16. The zero-order valence-electron chi connectivity index (χ0n) is 19.9. The van der Waals surface area contributed by atoms with Crippen LogP contribution in [0.2, 0.25) is 5.02 Å². The largest absolute Gasteiger partial charge is 0.466 e. The molecule has 9 heteroatoms. The molecule has 0 spiro atoms. The Balaban J connectivity index is 1.33. The van der Waals surface area contributed by atoms with Crippen LogP contribution in [0.5, 0.6) is 0 Å². The molecule has 0 radical (unpaired) electrons. The number of nitrogens with one attached hydrogen (secondary N) is 2. The summed E-state index contributed by atoms with van der Waals surface area (Å²) >= 11 is 7.73. The maximum Gasteiger partial charge on any atom is 0.338 e. The number of thioether (sulfide) groups is 1. The summed E-state index contributed by atoms with van der Waals surface area (Å²) in [4.78, 5) is 35.6. The predicted octanol–water partition coefficient (Wildman–Crippen LogP) is 5.32. The highest BCUT2D eigenvalue weighted by atomic mass is 35.5. The topological polar surface area (TPSA) is 86.8 Å². The summed E-state index contributed by atoms with van der Waals surface area (Å²) in [5.41, 5.74) is 4.85. The Morgan fingerprint density at radius 3 is 2.86 bits per heavy atom. The number of aliphatic imine (C=N–C) groups is 1. The molecule has 7 nitrogen and oxygen atoms in total. The lowest BCUT2D eigenvalue weighted by Crippen LogP contribution is -2.38. The molecule has 2 aromatic carbocycles. The number of rotatable bonds is 7. The maximum absolute atomic E-state index is 12.9. The summed E-state index contributed by atoms with van der Waals surface area (Å²) in [6.45, 7) is 2.32. The van der Waals surface area contributed by atoms with Crippen molar-refractivity contribution in [2.45, 2.75) is 25.8 Å². The Hall–Kier alpha value is -3.49. The van der Waals surface area contributed by atoms with E-state index in [4.69, 9.17) is 16.3 Å². The van der Waals surface area contributed by atoms with Crippen molar-refractivity contribution >= 4 is 51.3 Å². The second-order valence-electron chi connectivity index (χ2n) is 8.58. The molecule has 0 saturated heterocycles. The lowest BCUT2D eigenvalue weighted by atomic mass is 9.94. The molecule has 0 saturated carbocycles. The maximum atomic E-state index is 12.9. The molecule has 1 aromatic heterocycles. The first-order valence-electron chi connectivity index (χ1n) is 11.6. The molecule has 36 heavy (non-hydrogen) atoms. The second kappa shape index (κ2) is 10.2. The van der Waals surface area contributed by atoms with E-state index >= 15 is 0 Å². The first kappa shape index (κ1) is 24.2. The van der Waals surface area contributed by atoms with Crippen molar-refractivity contribution in [3.05, 3.63) is 93.3 Å². The van der Waals surface area contributed by atoms with Crippen LogP contribution >= 0.6 is 23.4 Å². The number of methoxy groups -OCH3 is 1. The van der Waals surface area contributed by atoms with Crippen LogP contribution in [-0.2, 0) is 20.7 Å². The number of aromatic nitrogens is 1. The fraction of sp³-hybridized carbons (Fsp3) is 0.222. The van der Waals surface area contributed by atoms with E-state index in [1.54, 1.807) is 13.0 Å². The Kier molecular flexibility index (Phi) is 6.89. The quantitative estimate of drug-likeness (QED) is 0.412. The van der Waals surface area contributed by atoms with Crippen LogP contribution < -0.4 is 5.32 Å². The van der Waals surface area contributed by atoms with Crippen molar-refractivity contribution in [1.82, 2.24) is 15.2 Å². The number of para-hydroxylation sites is 1. The second-order valence-corrected chi connectivity index (χ2v) is 9.85. The predicted molar refractivity (Wildman–Crippen MR) is 143 cm³/mol. The van der Waals surface area contributed by atoms with Crippen LogP contribution in [0.25, 0.3) is 10.9 Å². The lowest BCUT2D eigenvalue weighted by molar-refractivity contribution is -0.136. The highest BCUT2D eigenvalue weighted by Gasteiger charge is 2.41. The number of hydrogen-bond acceptors (Lipinski definition) is 6. The summed E-state index contributed by atoms with van der Waals surface area (Å²) < 4.78 is 5.09. The number of amidine groups is 1. The molecule has 2 N–H and O–H groups in total. The first-order chi connectivity index (χ1) is 17.5. The van der Waals surface area contributed by atoms with Gasteiger partial charge in [0.05, 0.1) is 30.8 Å². The molecule has 0 aliphatic carbocycles. The Labute approximate surface area is 218 Å². The zero-order valence-corrected chi connectivity index (χ0v) is 21.4. The first-order valence-corrected chi connectivity index (χ1v) is 12.8. The standard InChI is InChI=1S/C27H25ClN4O3S/c1-16-24(26(34)35-2)25(17-6-5-7-19(28)12-17)32-20(15-36-27(32)31-16)13-23(33)29-11-10-18-14-30-22-9-4-3-8-21(18)22/h3-9,12,14-15,25,30H,10-11,13H2,1-2H3,(H,29,33)/t25-/m1/s1. The van der Waals surface area contributed by atoms with Gasteiger partial charge < -0.3 is 19.9 Å². The van der Waals surface area contributed by atoms with Gasteiger partial charge in [-0.1, -0.05) is 53.7 Å². The number of carbonyl (C=O) groups is 2. The smallest absolute Gasteiger partial charge is 0.338 e. The summed E-state index contributed by atoms with van der Waals surface area (Å²) in [7, 11) is 1.35. The molecular formula is C27H25ClN4O3S. The van der Waals surface area contributed by atoms with Gasteiger partial charge in [0.2, 0.25) is 5.91 Å². The van der Waals surface area contributed by atoms with Crippen LogP contribution in [0.15, 0.2) is 82.1 Å². The van der Waals surface area contributed by atoms with E-state index in [9.17, 15) is 9.59 Å². The minimum atomic E-state index is -0.496. The number of ether oxygens (including phenoxy) is 1. The number of benzene rings is 2. The molecule has 0 unspecified atom stereocenters. The van der Waals surface area contributed by atoms with Crippen LogP contribution in [0.4, 0.5) is 0 Å². The molecule has 3 aromatic rings. The average Bonchev–Trinajstić information content (AvgIpc) is 3.46. The third-order valence-corrected chi connectivity index (χ3v) is 7.43. The molecule has 184 valence electrons. The van der Waals surface area contributed by atoms with Gasteiger partial charge in [-0.3, -0.25) is 4.79 Å². The van der Waals surface area contributed by atoms with Gasteiger partial charge in [0.25, 0.3) is 0 Å². The Morgan fingerprint density at radius 2 is 2.06 bits per heavy atom. The monoisotopic (exact) mass is 520 g/mol. The number of hydrogen-bond donors (Lipinski definition) is 2. The molecule has 0 bridgehead atoms. The molecule has 1 amide bonds. The zero-order chi connectivity index (χ0) is 25.2. The number of amides is 1. The summed E-state index contributed by atoms with van der Waals surface area (Å²) in [6, 6.07) is 15.0. The fourth-order valence-electron chi connectivity index (χ4n) is 4.63. The van der Waals surface area contributed by atoms with Crippen molar-refractivity contribution in [1.29, 1.82) is 0 Å². The number of fused-ring (bicyclic) bond motifs is 2. The van der Waals surface area contributed by atoms with Gasteiger partial charge in [0.1, 0.15) is 0 Å². The van der Waals surface area contributed by atoms with E-state index in [1.807, 2.05) is 52.9 Å². The van der Waals surface area contributed by atoms with Crippen molar-refractivity contribution in [3.8, 4) is 0 Å². The normalized spacial score (nSPS) is 17.1. The van der Waals surface area contributed by atoms with E-state index in [0.29, 0.717) is 28.0 Å². The van der Waals surface area contributed by atoms with Crippen LogP contribution in [0.1, 0.15) is 30.5 Å². The molecular weight excluding hydrogens is 496 g/mol. The third-order valence-electron chi connectivity index (χ3n) is 6.30. The van der Waals surface area contributed by atoms with Gasteiger partial charge in [0.15, 0.2) is 5.17 Å². The molecule has 0 fully saturated rings. The highest BCUT2D eigenvalue weighted by Crippen LogP contribution is 2.45. The summed E-state index contributed by atoms with van der Waals surface area (Å²) in [5.74, 6) is -0.557. The Morgan fingerprint density at radius 1 is 1.22 bits per heavy atom. The number of nitrogens with zero attached hydrogens (tertiary/aromatic N) is 2. The van der Waals surface area contributed by atoms with Gasteiger partial charge in [-0.15, -0.1) is 0 Å². The van der Waals surface area contributed by atoms with Gasteiger partial charge in [0, 0.05) is 34.4 Å². The third kappa shape index (κ3) is 4.66. The van der Waals surface area contributed by atoms with E-state index < -0.39 is 12.0 Å². The van der Waals surface area contributed by atoms with Gasteiger partial charge in [-0.05, 0) is 48.1 Å². The minimum Gasteiger partial charge on any atom is -0.466 e. The summed E-state index contributed by atoms with van der Waals surface area (Å²) in [5, 5.41) is 7.39. The van der Waals surface area contributed by atoms with Crippen molar-refractivity contribution in [2.24, 2.45) is 4.99 Å². The van der Waals surface area contributed by atoms with Crippen LogP contribution in [0, 0.1) is 0 Å². The Bertz CT molecular complexity index is 1440. The number of esters is 1. The van der Waals surface area contributed by atoms with Crippen molar-refractivity contribution < 1.29 is 14.3 Å². The van der Waals surface area contributed by atoms with Gasteiger partial charge in [-0.25, -0.2) is 9.79 Å². The van der Waals surface area contributed by atoms with Gasteiger partial charge >= 0.3 is 5.97 Å². The number of carbonyl (C=O) groups excluding carboxylic acids is 2. The molecule has 3 heterocycles. The van der Waals surface area contributed by atoms with Crippen molar-refractivity contribution in [3.63, 3.8) is 0 Å². The van der Waals surface area contributed by atoms with E-state index in [1.165, 1.54) is 18.9 Å². The summed E-state index contributed by atoms with van der Waals surface area (Å²) in [6.07, 6.45) is 2.87. The van der Waals surface area contributed by atoms with E-state index in [0.717, 1.165) is 34.1 Å². The van der Waals surface area contributed by atoms with Crippen LogP contribution in [0.3, 0.4) is 0 Å². The van der Waals surface area contributed by atoms with Crippen LogP contribution in [-0.4, -0.2) is 40.6 Å². The number of aromatic amines is 1. The number of halogens is 1. The van der Waals surface area contributed by atoms with E-state index in [2.05, 4.69) is 21.4 Å². The molecule has 1 atom stereocenters. The number of allylic oxidation sites excluding steroid dienone is 1. The average molecular weight is 521 g/mol. The molecule has 5 rings (SSSR count). The fourth-order valence-corrected chi connectivity index (χ4v) is 5.80. The molecule has 2 aliphatic rings. The molecule has 2 aliphatic heterocycles. The lowest BCUT2D eigenvalue weighted by Gasteiger charge is -2.36.